The van der Waals surface area contributed by atoms with Gasteiger partial charge in [0.1, 0.15) is 13.2 Å². The Morgan fingerprint density at radius 3 is 2.39 bits per heavy atom. The minimum absolute atomic E-state index is 0.0709. The summed E-state index contributed by atoms with van der Waals surface area (Å²) in [6.07, 6.45) is 1.04. The van der Waals surface area contributed by atoms with Crippen LogP contribution in [0.15, 0.2) is 18.2 Å². The van der Waals surface area contributed by atoms with E-state index >= 15 is 0 Å². The number of likely N-dealkylation sites (N-methyl/N-ethyl adjacent to an activating group) is 1. The summed E-state index contributed by atoms with van der Waals surface area (Å²) in [5, 5.41) is 18.6. The molecule has 0 saturated heterocycles. The highest BCUT2D eigenvalue weighted by Crippen LogP contribution is 2.43. The van der Waals surface area contributed by atoms with Gasteiger partial charge in [0.2, 0.25) is 0 Å². The lowest BCUT2D eigenvalue weighted by Crippen LogP contribution is -2.41. The summed E-state index contributed by atoms with van der Waals surface area (Å²) in [7, 11) is -0.000127. The molecule has 132 valence electrons. The molecule has 0 fully saturated rings. The topological polar surface area (TPSA) is 96.2 Å². The van der Waals surface area contributed by atoms with E-state index < -0.39 is 7.82 Å². The summed E-state index contributed by atoms with van der Waals surface area (Å²) >= 11 is 0. The van der Waals surface area contributed by atoms with Crippen molar-refractivity contribution < 1.29 is 33.2 Å². The van der Waals surface area contributed by atoms with E-state index in [0.29, 0.717) is 23.9 Å². The summed E-state index contributed by atoms with van der Waals surface area (Å²) in [4.78, 5) is 9.59. The maximum absolute atomic E-state index is 11.7. The first-order valence-corrected chi connectivity index (χ1v) is 9.09. The Hall–Kier alpha value is -1.11. The van der Waals surface area contributed by atoms with Crippen LogP contribution in [0.2, 0.25) is 0 Å². The highest BCUT2D eigenvalue weighted by Gasteiger charge is 2.22. The van der Waals surface area contributed by atoms with E-state index in [9.17, 15) is 19.7 Å². The third-order valence-electron chi connectivity index (χ3n) is 3.71. The van der Waals surface area contributed by atoms with Gasteiger partial charge in [0.05, 0.1) is 27.2 Å². The van der Waals surface area contributed by atoms with Crippen LogP contribution >= 0.6 is 7.82 Å². The Morgan fingerprint density at radius 2 is 1.78 bits per heavy atom. The van der Waals surface area contributed by atoms with Crippen LogP contribution in [0, 0.1) is 0 Å². The smallest absolute Gasteiger partial charge is 0.472 e. The van der Waals surface area contributed by atoms with Crippen LogP contribution in [0.4, 0.5) is 0 Å². The van der Waals surface area contributed by atoms with Gasteiger partial charge in [-0.05, 0) is 37.5 Å². The second kappa shape index (κ2) is 8.66. The molecule has 3 N–H and O–H groups in total. The molecule has 0 aliphatic rings. The molecule has 1 aromatic rings. The van der Waals surface area contributed by atoms with Gasteiger partial charge in [-0.3, -0.25) is 9.05 Å². The highest BCUT2D eigenvalue weighted by atomic mass is 31.2. The first kappa shape index (κ1) is 19.9. The largest absolute Gasteiger partial charge is 0.504 e. The molecule has 0 spiro atoms. The molecule has 0 amide bonds. The third-order valence-corrected chi connectivity index (χ3v) is 4.73. The van der Waals surface area contributed by atoms with Gasteiger partial charge in [-0.15, -0.1) is 0 Å². The summed E-state index contributed by atoms with van der Waals surface area (Å²) in [5.41, 5.74) is 0.805. The van der Waals surface area contributed by atoms with Crippen LogP contribution in [0.25, 0.3) is 0 Å². The fraction of sp³-hybridized carbons (Fsp3) is 0.600. The number of hydrogen-bond donors (Lipinski definition) is 3. The summed E-state index contributed by atoms with van der Waals surface area (Å²) in [5.74, 6) is -0.358. The molecule has 0 bridgehead atoms. The summed E-state index contributed by atoms with van der Waals surface area (Å²) < 4.78 is 22.3. The second-order valence-electron chi connectivity index (χ2n) is 6.04. The van der Waals surface area contributed by atoms with E-state index in [1.54, 1.807) is 6.07 Å². The van der Waals surface area contributed by atoms with E-state index in [0.717, 1.165) is 12.1 Å². The first-order chi connectivity index (χ1) is 10.7. The number of phenolic OH excluding ortho intramolecular Hbond substituents is 2. The standard InChI is InChI=1S/C15H26NO6P/c1-4-16(2,3)9-11-22-23(19,20)21-10-5-6-13-7-8-14(17)15(18)12-13/h7-8,12H,4-6,9-11H2,1-3H3,(H2-,17,18,19,20)/p+1. The van der Waals surface area contributed by atoms with Crippen molar-refractivity contribution in [1.29, 1.82) is 0 Å². The molecular weight excluding hydrogens is 321 g/mol. The predicted octanol–water partition coefficient (Wildman–Crippen LogP) is 2.26. The number of phosphoric ester groups is 1. The molecule has 1 rings (SSSR count). The van der Waals surface area contributed by atoms with Crippen LogP contribution in [0.3, 0.4) is 0 Å². The predicted molar refractivity (Wildman–Crippen MR) is 87.3 cm³/mol. The lowest BCUT2D eigenvalue weighted by atomic mass is 10.1. The SMILES string of the molecule is CC[N+](C)(C)CCOP(=O)(O)OCCCc1ccc(O)c(O)c1. The lowest BCUT2D eigenvalue weighted by molar-refractivity contribution is -0.888. The van der Waals surface area contributed by atoms with Crippen LogP contribution in [0.5, 0.6) is 11.5 Å². The van der Waals surface area contributed by atoms with E-state index in [1.807, 2.05) is 21.0 Å². The fourth-order valence-electron chi connectivity index (χ4n) is 1.78. The highest BCUT2D eigenvalue weighted by molar-refractivity contribution is 7.47. The molecule has 7 nitrogen and oxygen atoms in total. The van der Waals surface area contributed by atoms with Crippen molar-refractivity contribution in [1.82, 2.24) is 0 Å². The van der Waals surface area contributed by atoms with Crippen LogP contribution in [0.1, 0.15) is 18.9 Å². The Morgan fingerprint density at radius 1 is 1.13 bits per heavy atom. The number of phosphoric acid groups is 1. The Balaban J connectivity index is 2.28. The van der Waals surface area contributed by atoms with Gasteiger partial charge >= 0.3 is 7.82 Å². The minimum atomic E-state index is -4.03. The number of aromatic hydroxyl groups is 2. The number of quaternary nitrogens is 1. The van der Waals surface area contributed by atoms with Crippen molar-refractivity contribution >= 4 is 7.82 Å². The van der Waals surface area contributed by atoms with Gasteiger partial charge in [-0.25, -0.2) is 4.57 Å². The van der Waals surface area contributed by atoms with E-state index in [2.05, 4.69) is 0 Å². The Labute approximate surface area is 137 Å². The monoisotopic (exact) mass is 348 g/mol. The average molecular weight is 348 g/mol. The maximum atomic E-state index is 11.7. The van der Waals surface area contributed by atoms with E-state index in [-0.39, 0.29) is 24.7 Å². The van der Waals surface area contributed by atoms with Gasteiger partial charge in [-0.2, -0.15) is 0 Å². The van der Waals surface area contributed by atoms with Gasteiger partial charge in [-0.1, -0.05) is 6.07 Å². The summed E-state index contributed by atoms with van der Waals surface area (Å²) in [6.45, 7) is 3.79. The van der Waals surface area contributed by atoms with E-state index in [1.165, 1.54) is 12.1 Å². The zero-order valence-corrected chi connectivity index (χ0v) is 14.8. The van der Waals surface area contributed by atoms with Crippen molar-refractivity contribution in [3.8, 4) is 11.5 Å². The van der Waals surface area contributed by atoms with Crippen LogP contribution in [-0.2, 0) is 20.0 Å². The quantitative estimate of drug-likeness (QED) is 0.260. The van der Waals surface area contributed by atoms with Gasteiger partial charge in [0.25, 0.3) is 0 Å². The molecule has 0 saturated carbocycles. The van der Waals surface area contributed by atoms with Gasteiger partial charge in [0, 0.05) is 0 Å². The normalized spacial score (nSPS) is 14.6. The number of benzene rings is 1. The van der Waals surface area contributed by atoms with Gasteiger partial charge < -0.3 is 19.6 Å². The number of phenols is 2. The maximum Gasteiger partial charge on any atom is 0.472 e. The van der Waals surface area contributed by atoms with Crippen molar-refractivity contribution in [2.75, 3.05) is 40.4 Å². The third kappa shape index (κ3) is 7.81. The first-order valence-electron chi connectivity index (χ1n) is 7.60. The van der Waals surface area contributed by atoms with E-state index in [4.69, 9.17) is 9.05 Å². The zero-order chi connectivity index (χ0) is 17.5. The van der Waals surface area contributed by atoms with Crippen LogP contribution in [-0.4, -0.2) is 60.0 Å². The Kier molecular flexibility index (Phi) is 7.51. The van der Waals surface area contributed by atoms with Crippen molar-refractivity contribution in [3.63, 3.8) is 0 Å². The number of nitrogens with zero attached hydrogens (tertiary/aromatic N) is 1. The fourth-order valence-corrected chi connectivity index (χ4v) is 2.53. The lowest BCUT2D eigenvalue weighted by Gasteiger charge is -2.28. The second-order valence-corrected chi connectivity index (χ2v) is 7.49. The number of rotatable bonds is 10. The zero-order valence-electron chi connectivity index (χ0n) is 13.9. The number of aryl methyl sites for hydroxylation is 1. The molecule has 0 aliphatic heterocycles. The molecule has 0 heterocycles. The molecule has 1 aromatic carbocycles. The number of hydrogen-bond acceptors (Lipinski definition) is 5. The Bertz CT molecular complexity index is 549. The van der Waals surface area contributed by atoms with Crippen molar-refractivity contribution in [3.05, 3.63) is 23.8 Å². The summed E-state index contributed by atoms with van der Waals surface area (Å²) in [6, 6.07) is 4.53. The molecule has 0 radical (unpaired) electrons. The van der Waals surface area contributed by atoms with Crippen molar-refractivity contribution in [2.24, 2.45) is 0 Å². The van der Waals surface area contributed by atoms with Gasteiger partial charge in [0.15, 0.2) is 11.5 Å². The minimum Gasteiger partial charge on any atom is -0.504 e. The van der Waals surface area contributed by atoms with Crippen LogP contribution < -0.4 is 0 Å². The van der Waals surface area contributed by atoms with Crippen molar-refractivity contribution in [2.45, 2.75) is 19.8 Å². The molecule has 8 heteroatoms. The molecule has 0 aromatic heterocycles. The molecule has 0 aliphatic carbocycles. The molecular formula is C15H27NO6P+. The molecule has 23 heavy (non-hydrogen) atoms. The molecule has 1 unspecified atom stereocenters. The average Bonchev–Trinajstić information content (AvgIpc) is 2.47. The molecule has 1 atom stereocenters.